The Kier molecular flexibility index (Phi) is 6.06. The number of hydrogen-bond acceptors (Lipinski definition) is 3. The van der Waals surface area contributed by atoms with E-state index >= 15 is 0 Å². The molecule has 0 saturated carbocycles. The minimum absolute atomic E-state index is 0.370. The first-order valence-corrected chi connectivity index (χ1v) is 8.95. The minimum Gasteiger partial charge on any atom is -0.345 e. The molecule has 26 heavy (non-hydrogen) atoms. The maximum atomic E-state index is 8.71. The van der Waals surface area contributed by atoms with E-state index in [0.717, 1.165) is 47.2 Å². The van der Waals surface area contributed by atoms with Gasteiger partial charge >= 0.3 is 0 Å². The van der Waals surface area contributed by atoms with E-state index in [0.29, 0.717) is 6.42 Å². The van der Waals surface area contributed by atoms with Gasteiger partial charge in [-0.05, 0) is 24.2 Å². The molecule has 0 saturated heterocycles. The number of aromatic nitrogens is 2. The highest BCUT2D eigenvalue weighted by molar-refractivity contribution is 6.33. The Hall–Kier alpha value is -2.61. The van der Waals surface area contributed by atoms with Crippen molar-refractivity contribution in [3.63, 3.8) is 0 Å². The van der Waals surface area contributed by atoms with E-state index in [4.69, 9.17) is 16.9 Å². The van der Waals surface area contributed by atoms with Crippen molar-refractivity contribution in [2.75, 3.05) is 13.6 Å². The quantitative estimate of drug-likeness (QED) is 0.672. The average Bonchev–Trinajstić information content (AvgIpc) is 3.09. The normalized spacial score (nSPS) is 10.8. The van der Waals surface area contributed by atoms with E-state index in [-0.39, 0.29) is 0 Å². The van der Waals surface area contributed by atoms with Gasteiger partial charge in [0, 0.05) is 42.0 Å². The second-order valence-corrected chi connectivity index (χ2v) is 6.77. The van der Waals surface area contributed by atoms with Crippen LogP contribution in [0.4, 0.5) is 0 Å². The van der Waals surface area contributed by atoms with Gasteiger partial charge in [-0.15, -0.1) is 0 Å². The topological polar surface area (TPSA) is 55.7 Å². The smallest absolute Gasteiger partial charge is 0.107 e. The molecule has 5 heteroatoms. The third-order valence-electron chi connectivity index (χ3n) is 4.25. The summed E-state index contributed by atoms with van der Waals surface area (Å²) in [5, 5.41) is 9.48. The van der Waals surface area contributed by atoms with Gasteiger partial charge in [-0.2, -0.15) is 5.26 Å². The predicted octanol–water partition coefficient (Wildman–Crippen LogP) is 4.47. The van der Waals surface area contributed by atoms with Crippen LogP contribution in [0.3, 0.4) is 0 Å². The Labute approximate surface area is 159 Å². The monoisotopic (exact) mass is 364 g/mol. The lowest BCUT2D eigenvalue weighted by Gasteiger charge is -2.17. The molecule has 0 aliphatic rings. The number of nitriles is 1. The van der Waals surface area contributed by atoms with Gasteiger partial charge in [-0.1, -0.05) is 54.1 Å². The van der Waals surface area contributed by atoms with Gasteiger partial charge in [0.2, 0.25) is 0 Å². The SMILES string of the molecule is CN(CCc1ncc(CC#N)[nH]1)Cc1ccc(-c2ccccc2)c(Cl)c1. The lowest BCUT2D eigenvalue weighted by Crippen LogP contribution is -2.21. The van der Waals surface area contributed by atoms with Crippen LogP contribution < -0.4 is 0 Å². The molecule has 3 rings (SSSR count). The fourth-order valence-corrected chi connectivity index (χ4v) is 3.22. The molecular weight excluding hydrogens is 344 g/mol. The van der Waals surface area contributed by atoms with E-state index in [9.17, 15) is 0 Å². The molecule has 4 nitrogen and oxygen atoms in total. The molecular formula is C21H21ClN4. The summed E-state index contributed by atoms with van der Waals surface area (Å²) < 4.78 is 0. The largest absolute Gasteiger partial charge is 0.345 e. The number of likely N-dealkylation sites (N-methyl/N-ethyl adjacent to an activating group) is 1. The first kappa shape index (κ1) is 18.2. The van der Waals surface area contributed by atoms with E-state index in [2.05, 4.69) is 52.3 Å². The summed E-state index contributed by atoms with van der Waals surface area (Å²) >= 11 is 6.49. The highest BCUT2D eigenvalue weighted by atomic mass is 35.5. The number of hydrogen-bond donors (Lipinski definition) is 1. The number of halogens is 1. The maximum absolute atomic E-state index is 8.71. The Bertz CT molecular complexity index is 896. The van der Waals surface area contributed by atoms with Crippen LogP contribution in [-0.4, -0.2) is 28.5 Å². The van der Waals surface area contributed by atoms with Crippen LogP contribution in [0.5, 0.6) is 0 Å². The summed E-state index contributed by atoms with van der Waals surface area (Å²) in [6, 6.07) is 18.5. The fourth-order valence-electron chi connectivity index (χ4n) is 2.90. The molecule has 0 unspecified atom stereocenters. The maximum Gasteiger partial charge on any atom is 0.107 e. The standard InChI is InChI=1S/C21H21ClN4/c1-26(12-10-21-24-14-18(25-21)9-11-23)15-16-7-8-19(20(22)13-16)17-5-3-2-4-6-17/h2-8,13-14H,9-10,12,15H2,1H3,(H,24,25). The van der Waals surface area contributed by atoms with Gasteiger partial charge in [-0.3, -0.25) is 0 Å². The highest BCUT2D eigenvalue weighted by Gasteiger charge is 2.07. The Balaban J connectivity index is 1.58. The number of rotatable bonds is 7. The number of imidazole rings is 1. The van der Waals surface area contributed by atoms with Gasteiger partial charge in [0.1, 0.15) is 5.82 Å². The first-order valence-electron chi connectivity index (χ1n) is 8.58. The number of nitrogens with zero attached hydrogens (tertiary/aromatic N) is 3. The zero-order chi connectivity index (χ0) is 18.4. The molecule has 0 amide bonds. The van der Waals surface area contributed by atoms with Crippen LogP contribution in [0.15, 0.2) is 54.7 Å². The molecule has 0 fully saturated rings. The summed E-state index contributed by atoms with van der Waals surface area (Å²) in [7, 11) is 2.08. The molecule has 132 valence electrons. The van der Waals surface area contributed by atoms with Crippen molar-refractivity contribution < 1.29 is 0 Å². The van der Waals surface area contributed by atoms with Crippen molar-refractivity contribution in [1.82, 2.24) is 14.9 Å². The van der Waals surface area contributed by atoms with Gasteiger partial charge in [0.05, 0.1) is 12.5 Å². The van der Waals surface area contributed by atoms with Crippen molar-refractivity contribution in [1.29, 1.82) is 5.26 Å². The highest BCUT2D eigenvalue weighted by Crippen LogP contribution is 2.28. The van der Waals surface area contributed by atoms with Crippen molar-refractivity contribution in [2.24, 2.45) is 0 Å². The Morgan fingerprint density at radius 2 is 2.00 bits per heavy atom. The molecule has 0 bridgehead atoms. The third kappa shape index (κ3) is 4.72. The van der Waals surface area contributed by atoms with Crippen molar-refractivity contribution in [2.45, 2.75) is 19.4 Å². The van der Waals surface area contributed by atoms with Crippen LogP contribution in [0.1, 0.15) is 17.1 Å². The summed E-state index contributed by atoms with van der Waals surface area (Å²) in [5.74, 6) is 0.916. The molecule has 2 aromatic carbocycles. The van der Waals surface area contributed by atoms with Crippen molar-refractivity contribution >= 4 is 11.6 Å². The molecule has 0 spiro atoms. The van der Waals surface area contributed by atoms with E-state index < -0.39 is 0 Å². The Morgan fingerprint density at radius 1 is 1.19 bits per heavy atom. The molecule has 1 N–H and O–H groups in total. The zero-order valence-electron chi connectivity index (χ0n) is 14.7. The lowest BCUT2D eigenvalue weighted by atomic mass is 10.0. The first-order chi connectivity index (χ1) is 12.7. The minimum atomic E-state index is 0.370. The third-order valence-corrected chi connectivity index (χ3v) is 4.56. The van der Waals surface area contributed by atoms with Gasteiger partial charge in [-0.25, -0.2) is 4.98 Å². The van der Waals surface area contributed by atoms with Gasteiger partial charge in [0.15, 0.2) is 0 Å². The van der Waals surface area contributed by atoms with E-state index in [1.54, 1.807) is 6.20 Å². The van der Waals surface area contributed by atoms with Gasteiger partial charge in [0.25, 0.3) is 0 Å². The predicted molar refractivity (Wildman–Crippen MR) is 105 cm³/mol. The second-order valence-electron chi connectivity index (χ2n) is 6.36. The average molecular weight is 365 g/mol. The zero-order valence-corrected chi connectivity index (χ0v) is 15.5. The molecule has 0 aliphatic heterocycles. The van der Waals surface area contributed by atoms with Crippen LogP contribution in [-0.2, 0) is 19.4 Å². The van der Waals surface area contributed by atoms with E-state index in [1.807, 2.05) is 24.3 Å². The Morgan fingerprint density at radius 3 is 2.73 bits per heavy atom. The van der Waals surface area contributed by atoms with Crippen molar-refractivity contribution in [3.05, 3.63) is 76.8 Å². The lowest BCUT2D eigenvalue weighted by molar-refractivity contribution is 0.329. The van der Waals surface area contributed by atoms with Crippen LogP contribution in [0, 0.1) is 11.3 Å². The fraction of sp³-hybridized carbons (Fsp3) is 0.238. The van der Waals surface area contributed by atoms with Crippen molar-refractivity contribution in [3.8, 4) is 17.2 Å². The number of aromatic amines is 1. The summed E-state index contributed by atoms with van der Waals surface area (Å²) in [5.41, 5.74) is 4.23. The molecule has 0 atom stereocenters. The summed E-state index contributed by atoms with van der Waals surface area (Å²) in [6.07, 6.45) is 2.92. The van der Waals surface area contributed by atoms with Crippen LogP contribution in [0.25, 0.3) is 11.1 Å². The number of H-pyrrole nitrogens is 1. The van der Waals surface area contributed by atoms with Crippen LogP contribution >= 0.6 is 11.6 Å². The summed E-state index contributed by atoms with van der Waals surface area (Å²) in [6.45, 7) is 1.69. The molecule has 1 aromatic heterocycles. The number of nitrogens with one attached hydrogen (secondary N) is 1. The molecule has 0 radical (unpaired) electrons. The molecule has 0 aliphatic carbocycles. The molecule has 1 heterocycles. The van der Waals surface area contributed by atoms with E-state index in [1.165, 1.54) is 5.56 Å². The summed E-state index contributed by atoms with van der Waals surface area (Å²) in [4.78, 5) is 9.74. The van der Waals surface area contributed by atoms with Crippen LogP contribution in [0.2, 0.25) is 5.02 Å². The number of benzene rings is 2. The second kappa shape index (κ2) is 8.66. The van der Waals surface area contributed by atoms with Gasteiger partial charge < -0.3 is 9.88 Å². The molecule has 3 aromatic rings.